The van der Waals surface area contributed by atoms with Gasteiger partial charge in [-0.15, -0.1) is 0 Å². The predicted molar refractivity (Wildman–Crippen MR) is 74.8 cm³/mol. The molecule has 0 aliphatic carbocycles. The molecule has 0 aliphatic heterocycles. The van der Waals surface area contributed by atoms with Crippen LogP contribution in [-0.2, 0) is 15.7 Å². The predicted octanol–water partition coefficient (Wildman–Crippen LogP) is 2.10. The fraction of sp³-hybridized carbons (Fsp3) is 0.417. The summed E-state index contributed by atoms with van der Waals surface area (Å²) in [5, 5.41) is 2.54. The van der Waals surface area contributed by atoms with E-state index in [1.54, 1.807) is 6.92 Å². The Labute approximate surface area is 124 Å². The number of anilines is 1. The van der Waals surface area contributed by atoms with Crippen LogP contribution in [0.2, 0.25) is 0 Å². The molecule has 0 aromatic carbocycles. The number of alkyl halides is 3. The van der Waals surface area contributed by atoms with Crippen LogP contribution in [0, 0.1) is 0 Å². The lowest BCUT2D eigenvalue weighted by molar-refractivity contribution is -0.143. The Morgan fingerprint density at radius 1 is 1.52 bits per heavy atom. The summed E-state index contributed by atoms with van der Waals surface area (Å²) in [4.78, 5) is 14.8. The molecule has 1 aromatic rings. The van der Waals surface area contributed by atoms with Crippen LogP contribution in [0.1, 0.15) is 25.1 Å². The standard InChI is InChI=1S/C12H14F3N3O2S/c1-3-20-11(19)6(2)17-10-7(9(16)21)4-5-8(18-10)12(13,14)15/h4-6H,3H2,1-2H3,(H2,16,21)(H,17,18). The van der Waals surface area contributed by atoms with Crippen molar-refractivity contribution in [1.82, 2.24) is 4.98 Å². The summed E-state index contributed by atoms with van der Waals surface area (Å²) >= 11 is 4.76. The van der Waals surface area contributed by atoms with E-state index >= 15 is 0 Å². The number of nitrogens with zero attached hydrogens (tertiary/aromatic N) is 1. The summed E-state index contributed by atoms with van der Waals surface area (Å²) in [7, 11) is 0. The average molecular weight is 321 g/mol. The molecule has 9 heteroatoms. The first-order valence-corrected chi connectivity index (χ1v) is 6.38. The highest BCUT2D eigenvalue weighted by molar-refractivity contribution is 7.80. The van der Waals surface area contributed by atoms with Crippen LogP contribution in [0.5, 0.6) is 0 Å². The molecular weight excluding hydrogens is 307 g/mol. The van der Waals surface area contributed by atoms with Crippen LogP contribution in [0.4, 0.5) is 19.0 Å². The molecule has 0 amide bonds. The van der Waals surface area contributed by atoms with Crippen molar-refractivity contribution in [3.05, 3.63) is 23.4 Å². The fourth-order valence-electron chi connectivity index (χ4n) is 1.46. The summed E-state index contributed by atoms with van der Waals surface area (Å²) in [6.07, 6.45) is -4.61. The molecule has 0 bridgehead atoms. The smallest absolute Gasteiger partial charge is 0.433 e. The third-order valence-corrected chi connectivity index (χ3v) is 2.66. The lowest BCUT2D eigenvalue weighted by atomic mass is 10.2. The average Bonchev–Trinajstić information content (AvgIpc) is 2.37. The van der Waals surface area contributed by atoms with Gasteiger partial charge in [-0.3, -0.25) is 0 Å². The van der Waals surface area contributed by atoms with E-state index in [1.807, 2.05) is 0 Å². The number of esters is 1. The molecule has 1 unspecified atom stereocenters. The number of carbonyl (C=O) groups is 1. The van der Waals surface area contributed by atoms with Crippen LogP contribution in [0.15, 0.2) is 12.1 Å². The number of rotatable bonds is 5. The van der Waals surface area contributed by atoms with E-state index in [9.17, 15) is 18.0 Å². The molecule has 1 rings (SSSR count). The van der Waals surface area contributed by atoms with Gasteiger partial charge in [0.1, 0.15) is 22.5 Å². The zero-order valence-corrected chi connectivity index (χ0v) is 12.1. The second kappa shape index (κ2) is 6.70. The van der Waals surface area contributed by atoms with Crippen molar-refractivity contribution in [2.24, 2.45) is 5.73 Å². The number of pyridine rings is 1. The highest BCUT2D eigenvalue weighted by Crippen LogP contribution is 2.29. The van der Waals surface area contributed by atoms with Crippen LogP contribution in [0.25, 0.3) is 0 Å². The van der Waals surface area contributed by atoms with Gasteiger partial charge in [0, 0.05) is 0 Å². The van der Waals surface area contributed by atoms with E-state index in [0.717, 1.165) is 12.1 Å². The minimum Gasteiger partial charge on any atom is -0.464 e. The Morgan fingerprint density at radius 2 is 2.14 bits per heavy atom. The number of thiocarbonyl (C=S) groups is 1. The Morgan fingerprint density at radius 3 is 2.62 bits per heavy atom. The Bertz CT molecular complexity index is 549. The number of nitrogens with one attached hydrogen (secondary N) is 1. The van der Waals surface area contributed by atoms with E-state index < -0.39 is 23.9 Å². The minimum atomic E-state index is -4.61. The summed E-state index contributed by atoms with van der Waals surface area (Å²) in [6.45, 7) is 3.21. The van der Waals surface area contributed by atoms with E-state index in [-0.39, 0.29) is 23.0 Å². The van der Waals surface area contributed by atoms with E-state index in [0.29, 0.717) is 0 Å². The number of carbonyl (C=O) groups excluding carboxylic acids is 1. The first-order chi connectivity index (χ1) is 9.66. The van der Waals surface area contributed by atoms with Crippen LogP contribution in [-0.4, -0.2) is 28.6 Å². The van der Waals surface area contributed by atoms with Crippen molar-refractivity contribution < 1.29 is 22.7 Å². The largest absolute Gasteiger partial charge is 0.464 e. The quantitative estimate of drug-likeness (QED) is 0.639. The molecule has 5 nitrogen and oxygen atoms in total. The van der Waals surface area contributed by atoms with Crippen molar-refractivity contribution in [2.45, 2.75) is 26.1 Å². The highest BCUT2D eigenvalue weighted by atomic mass is 32.1. The molecule has 0 saturated heterocycles. The minimum absolute atomic E-state index is 0.120. The maximum atomic E-state index is 12.7. The Balaban J connectivity index is 3.12. The molecule has 0 fully saturated rings. The summed E-state index contributed by atoms with van der Waals surface area (Å²) < 4.78 is 42.8. The zero-order chi connectivity index (χ0) is 16.2. The van der Waals surface area contributed by atoms with Crippen molar-refractivity contribution in [3.63, 3.8) is 0 Å². The topological polar surface area (TPSA) is 77.2 Å². The summed E-state index contributed by atoms with van der Waals surface area (Å²) in [5.74, 6) is -0.830. The molecule has 3 N–H and O–H groups in total. The van der Waals surface area contributed by atoms with Gasteiger partial charge in [0.15, 0.2) is 0 Å². The number of halogens is 3. The molecule has 116 valence electrons. The number of aromatic nitrogens is 1. The van der Waals surface area contributed by atoms with E-state index in [4.69, 9.17) is 22.7 Å². The lowest BCUT2D eigenvalue weighted by Gasteiger charge is -2.17. The molecule has 1 aromatic heterocycles. The maximum Gasteiger partial charge on any atom is 0.433 e. The fourth-order valence-corrected chi connectivity index (χ4v) is 1.62. The SMILES string of the molecule is CCOC(=O)C(C)Nc1nc(C(F)(F)F)ccc1C(N)=S. The van der Waals surface area contributed by atoms with Gasteiger partial charge in [0.05, 0.1) is 12.2 Å². The molecule has 0 aliphatic rings. The third-order valence-electron chi connectivity index (χ3n) is 2.44. The Kier molecular flexibility index (Phi) is 5.47. The van der Waals surface area contributed by atoms with Gasteiger partial charge in [0.2, 0.25) is 0 Å². The molecule has 21 heavy (non-hydrogen) atoms. The van der Waals surface area contributed by atoms with Gasteiger partial charge in [-0.25, -0.2) is 9.78 Å². The number of nitrogens with two attached hydrogens (primary N) is 1. The molecule has 0 spiro atoms. The number of hydrogen-bond acceptors (Lipinski definition) is 5. The Hall–Kier alpha value is -1.90. The van der Waals surface area contributed by atoms with Gasteiger partial charge in [-0.1, -0.05) is 12.2 Å². The number of ether oxygens (including phenoxy) is 1. The lowest BCUT2D eigenvalue weighted by Crippen LogP contribution is -2.30. The van der Waals surface area contributed by atoms with Gasteiger partial charge >= 0.3 is 12.1 Å². The van der Waals surface area contributed by atoms with Crippen molar-refractivity contribution in [1.29, 1.82) is 0 Å². The monoisotopic (exact) mass is 321 g/mol. The van der Waals surface area contributed by atoms with Gasteiger partial charge in [-0.2, -0.15) is 13.2 Å². The molecule has 0 radical (unpaired) electrons. The van der Waals surface area contributed by atoms with Crippen molar-refractivity contribution in [3.8, 4) is 0 Å². The van der Waals surface area contributed by atoms with Crippen LogP contribution < -0.4 is 11.1 Å². The van der Waals surface area contributed by atoms with E-state index in [1.165, 1.54) is 6.92 Å². The highest BCUT2D eigenvalue weighted by Gasteiger charge is 2.33. The maximum absolute atomic E-state index is 12.7. The van der Waals surface area contributed by atoms with Gasteiger partial charge in [0.25, 0.3) is 0 Å². The zero-order valence-electron chi connectivity index (χ0n) is 11.3. The summed E-state index contributed by atoms with van der Waals surface area (Å²) in [5.41, 5.74) is 4.45. The number of hydrogen-bond donors (Lipinski definition) is 2. The molecular formula is C12H14F3N3O2S. The first-order valence-electron chi connectivity index (χ1n) is 5.98. The normalized spacial score (nSPS) is 12.6. The first kappa shape index (κ1) is 17.2. The van der Waals surface area contributed by atoms with Crippen LogP contribution in [0.3, 0.4) is 0 Å². The second-order valence-electron chi connectivity index (χ2n) is 4.07. The van der Waals surface area contributed by atoms with Crippen molar-refractivity contribution >= 4 is 29.0 Å². The third kappa shape index (κ3) is 4.55. The van der Waals surface area contributed by atoms with Gasteiger partial charge < -0.3 is 15.8 Å². The van der Waals surface area contributed by atoms with E-state index in [2.05, 4.69) is 10.3 Å². The molecule has 1 heterocycles. The molecule has 1 atom stereocenters. The molecule has 0 saturated carbocycles. The van der Waals surface area contributed by atoms with Gasteiger partial charge in [-0.05, 0) is 26.0 Å². The van der Waals surface area contributed by atoms with Crippen molar-refractivity contribution in [2.75, 3.05) is 11.9 Å². The summed E-state index contributed by atoms with van der Waals surface area (Å²) in [6, 6.07) is 0.988. The van der Waals surface area contributed by atoms with Crippen LogP contribution >= 0.6 is 12.2 Å². The second-order valence-corrected chi connectivity index (χ2v) is 4.51.